The Kier molecular flexibility index (Phi) is 4.76. The number of carbonyl (C=O) groups is 1. The third kappa shape index (κ3) is 3.16. The van der Waals surface area contributed by atoms with E-state index >= 15 is 0 Å². The maximum Gasteiger partial charge on any atom is 0.264 e. The van der Waals surface area contributed by atoms with E-state index in [4.69, 9.17) is 5.73 Å². The maximum absolute atomic E-state index is 12.9. The van der Waals surface area contributed by atoms with Gasteiger partial charge in [0, 0.05) is 25.0 Å². The average molecular weight is 349 g/mol. The smallest absolute Gasteiger partial charge is 0.264 e. The van der Waals surface area contributed by atoms with E-state index in [0.29, 0.717) is 12.5 Å². The van der Waals surface area contributed by atoms with Gasteiger partial charge in [-0.05, 0) is 41.3 Å². The van der Waals surface area contributed by atoms with Gasteiger partial charge in [0.2, 0.25) is 0 Å². The second-order valence-corrected chi connectivity index (χ2v) is 7.29. The van der Waals surface area contributed by atoms with Crippen molar-refractivity contribution in [3.05, 3.63) is 57.8 Å². The van der Waals surface area contributed by atoms with Crippen LogP contribution in [0.5, 0.6) is 0 Å². The highest BCUT2D eigenvalue weighted by Crippen LogP contribution is 2.43. The summed E-state index contributed by atoms with van der Waals surface area (Å²) >= 11 is 1.58. The molecule has 2 aliphatic rings. The second-order valence-electron chi connectivity index (χ2n) is 6.37. The Hall–Kier alpha value is -1.36. The van der Waals surface area contributed by atoms with Gasteiger partial charge in [-0.3, -0.25) is 4.79 Å². The summed E-state index contributed by atoms with van der Waals surface area (Å²) in [5.74, 6) is 1.03. The number of benzene rings is 1. The summed E-state index contributed by atoms with van der Waals surface area (Å²) in [5.41, 5.74) is 8.80. The summed E-state index contributed by atoms with van der Waals surface area (Å²) in [7, 11) is 0. The quantitative estimate of drug-likeness (QED) is 0.920. The molecule has 2 aromatic rings. The van der Waals surface area contributed by atoms with Crippen molar-refractivity contribution < 1.29 is 4.79 Å². The molecular formula is C18H21ClN2OS. The van der Waals surface area contributed by atoms with Crippen LogP contribution < -0.4 is 5.73 Å². The van der Waals surface area contributed by atoms with Gasteiger partial charge in [0.05, 0.1) is 4.88 Å². The summed E-state index contributed by atoms with van der Waals surface area (Å²) < 4.78 is 0. The van der Waals surface area contributed by atoms with Gasteiger partial charge in [0.25, 0.3) is 5.91 Å². The number of hydrogen-bond acceptors (Lipinski definition) is 3. The molecule has 2 N–H and O–H groups in total. The molecule has 1 amide bonds. The van der Waals surface area contributed by atoms with Gasteiger partial charge < -0.3 is 10.6 Å². The van der Waals surface area contributed by atoms with Crippen LogP contribution in [0, 0.1) is 0 Å². The highest BCUT2D eigenvalue weighted by Gasteiger charge is 2.36. The van der Waals surface area contributed by atoms with E-state index in [1.807, 2.05) is 28.5 Å². The van der Waals surface area contributed by atoms with Crippen molar-refractivity contribution in [2.24, 2.45) is 5.73 Å². The molecule has 3 nitrogen and oxygen atoms in total. The van der Waals surface area contributed by atoms with Gasteiger partial charge in [-0.2, -0.15) is 0 Å². The van der Waals surface area contributed by atoms with Gasteiger partial charge in [-0.25, -0.2) is 0 Å². The summed E-state index contributed by atoms with van der Waals surface area (Å²) in [4.78, 5) is 15.7. The van der Waals surface area contributed by atoms with Crippen LogP contribution in [0.15, 0.2) is 41.8 Å². The largest absolute Gasteiger partial charge is 0.336 e. The molecule has 1 aliphatic carbocycles. The minimum Gasteiger partial charge on any atom is -0.336 e. The number of rotatable bonds is 3. The lowest BCUT2D eigenvalue weighted by Gasteiger charge is -2.16. The van der Waals surface area contributed by atoms with Crippen LogP contribution in [0.1, 0.15) is 45.5 Å². The Morgan fingerprint density at radius 3 is 2.57 bits per heavy atom. The summed E-state index contributed by atoms with van der Waals surface area (Å²) in [6.07, 6.45) is 2.45. The van der Waals surface area contributed by atoms with Gasteiger partial charge in [0.1, 0.15) is 0 Å². The second kappa shape index (κ2) is 6.63. The molecule has 0 radical (unpaired) electrons. The summed E-state index contributed by atoms with van der Waals surface area (Å²) in [6, 6.07) is 12.5. The lowest BCUT2D eigenvalue weighted by Crippen LogP contribution is -2.32. The van der Waals surface area contributed by atoms with Gasteiger partial charge in [0.15, 0.2) is 0 Å². The number of hydrogen-bond donors (Lipinski definition) is 1. The Labute approximate surface area is 146 Å². The molecule has 0 bridgehead atoms. The standard InChI is InChI=1S/C18H20N2OS.ClH/c19-16-11-20(10-15(16)12-4-2-1-3-5-12)18(21)17-14(8-9-22-17)13-6-7-13;/h1-5,8-9,13,15-16H,6-7,10-11,19H2;1H/t15-,16+;/m0./s1. The number of halogens is 1. The third-order valence-corrected chi connectivity index (χ3v) is 5.71. The van der Waals surface area contributed by atoms with Crippen molar-refractivity contribution in [3.63, 3.8) is 0 Å². The zero-order chi connectivity index (χ0) is 15.1. The number of nitrogens with zero attached hydrogens (tertiary/aromatic N) is 1. The molecule has 2 fully saturated rings. The van der Waals surface area contributed by atoms with Crippen molar-refractivity contribution in [2.45, 2.75) is 30.7 Å². The Bertz CT molecular complexity index is 683. The molecule has 122 valence electrons. The molecule has 1 aromatic heterocycles. The molecule has 0 spiro atoms. The molecule has 23 heavy (non-hydrogen) atoms. The predicted octanol–water partition coefficient (Wildman–Crippen LogP) is 3.61. The SMILES string of the molecule is Cl.N[C@@H]1CN(C(=O)c2sccc2C2CC2)C[C@H]1c1ccccc1. The van der Waals surface area contributed by atoms with Crippen LogP contribution in [0.4, 0.5) is 0 Å². The lowest BCUT2D eigenvalue weighted by atomic mass is 9.95. The minimum absolute atomic E-state index is 0. The maximum atomic E-state index is 12.9. The topological polar surface area (TPSA) is 46.3 Å². The Balaban J connectivity index is 0.00000156. The van der Waals surface area contributed by atoms with Gasteiger partial charge in [-0.1, -0.05) is 30.3 Å². The van der Waals surface area contributed by atoms with E-state index in [1.54, 1.807) is 11.3 Å². The molecule has 0 unspecified atom stereocenters. The Morgan fingerprint density at radius 1 is 1.13 bits per heavy atom. The number of likely N-dealkylation sites (tertiary alicyclic amines) is 1. The molecule has 1 saturated heterocycles. The minimum atomic E-state index is 0. The molecule has 1 saturated carbocycles. The van der Waals surface area contributed by atoms with E-state index in [0.717, 1.165) is 11.4 Å². The van der Waals surface area contributed by atoms with Crippen LogP contribution in [-0.4, -0.2) is 29.9 Å². The summed E-state index contributed by atoms with van der Waals surface area (Å²) in [5, 5.41) is 2.05. The molecular weight excluding hydrogens is 328 g/mol. The van der Waals surface area contributed by atoms with Crippen LogP contribution >= 0.6 is 23.7 Å². The fourth-order valence-electron chi connectivity index (χ4n) is 3.40. The molecule has 1 aliphatic heterocycles. The zero-order valence-corrected chi connectivity index (χ0v) is 14.5. The molecule has 1 aromatic carbocycles. The summed E-state index contributed by atoms with van der Waals surface area (Å²) in [6.45, 7) is 1.38. The average Bonchev–Trinajstić information content (AvgIpc) is 3.14. The number of carbonyl (C=O) groups excluding carboxylic acids is 1. The molecule has 5 heteroatoms. The highest BCUT2D eigenvalue weighted by molar-refractivity contribution is 7.12. The first-order chi connectivity index (χ1) is 10.7. The predicted molar refractivity (Wildman–Crippen MR) is 96.6 cm³/mol. The fourth-order valence-corrected chi connectivity index (χ4v) is 4.35. The van der Waals surface area contributed by atoms with E-state index < -0.39 is 0 Å². The highest BCUT2D eigenvalue weighted by atomic mass is 35.5. The number of thiophene rings is 1. The lowest BCUT2D eigenvalue weighted by molar-refractivity contribution is 0.0793. The van der Waals surface area contributed by atoms with Crippen LogP contribution in [0.25, 0.3) is 0 Å². The van der Waals surface area contributed by atoms with E-state index in [2.05, 4.69) is 18.2 Å². The molecule has 2 atom stereocenters. The van der Waals surface area contributed by atoms with Crippen LogP contribution in [0.3, 0.4) is 0 Å². The normalized spacial score (nSPS) is 23.6. The van der Waals surface area contributed by atoms with Gasteiger partial charge >= 0.3 is 0 Å². The first kappa shape index (κ1) is 16.5. The van der Waals surface area contributed by atoms with Crippen molar-refractivity contribution in [2.75, 3.05) is 13.1 Å². The van der Waals surface area contributed by atoms with Crippen LogP contribution in [0.2, 0.25) is 0 Å². The first-order valence-electron chi connectivity index (χ1n) is 7.91. The van der Waals surface area contributed by atoms with E-state index in [9.17, 15) is 4.79 Å². The first-order valence-corrected chi connectivity index (χ1v) is 8.79. The van der Waals surface area contributed by atoms with Crippen molar-refractivity contribution in [3.8, 4) is 0 Å². The number of amides is 1. The Morgan fingerprint density at radius 2 is 1.87 bits per heavy atom. The zero-order valence-electron chi connectivity index (χ0n) is 12.9. The van der Waals surface area contributed by atoms with Crippen molar-refractivity contribution >= 4 is 29.7 Å². The monoisotopic (exact) mass is 348 g/mol. The molecule has 2 heterocycles. The van der Waals surface area contributed by atoms with Gasteiger partial charge in [-0.15, -0.1) is 23.7 Å². The number of nitrogens with two attached hydrogens (primary N) is 1. The van der Waals surface area contributed by atoms with Crippen LogP contribution in [-0.2, 0) is 0 Å². The van der Waals surface area contributed by atoms with E-state index in [1.165, 1.54) is 24.0 Å². The molecule has 4 rings (SSSR count). The van der Waals surface area contributed by atoms with E-state index in [-0.39, 0.29) is 30.3 Å². The third-order valence-electron chi connectivity index (χ3n) is 4.79. The van der Waals surface area contributed by atoms with Crippen molar-refractivity contribution in [1.82, 2.24) is 4.90 Å². The van der Waals surface area contributed by atoms with Crippen molar-refractivity contribution in [1.29, 1.82) is 0 Å². The fraction of sp³-hybridized carbons (Fsp3) is 0.389.